The van der Waals surface area contributed by atoms with Crippen LogP contribution in [0, 0.1) is 11.6 Å². The van der Waals surface area contributed by atoms with Crippen molar-refractivity contribution in [1.29, 1.82) is 0 Å². The third kappa shape index (κ3) is 4.83. The molecule has 1 unspecified atom stereocenters. The molecule has 1 fully saturated rings. The second kappa shape index (κ2) is 9.02. The molecule has 1 aliphatic rings. The van der Waals surface area contributed by atoms with E-state index in [0.29, 0.717) is 10.7 Å². The molecular weight excluding hydrogens is 414 g/mol. The number of nitrogens with zero attached hydrogens (tertiary/aromatic N) is 1. The van der Waals surface area contributed by atoms with E-state index >= 15 is 0 Å². The first-order valence-electron chi connectivity index (χ1n) is 9.16. The Hall–Kier alpha value is -2.29. The number of halogens is 2. The highest BCUT2D eigenvalue weighted by molar-refractivity contribution is 7.99. The summed E-state index contributed by atoms with van der Waals surface area (Å²) in [6, 6.07) is 10.6. The summed E-state index contributed by atoms with van der Waals surface area (Å²) in [6.07, 6.45) is 2.34. The van der Waals surface area contributed by atoms with Gasteiger partial charge in [0.1, 0.15) is 11.6 Å². The van der Waals surface area contributed by atoms with E-state index in [-0.39, 0.29) is 23.3 Å². The Morgan fingerprint density at radius 2 is 2.14 bits per heavy atom. The van der Waals surface area contributed by atoms with Crippen molar-refractivity contribution in [2.24, 2.45) is 0 Å². The summed E-state index contributed by atoms with van der Waals surface area (Å²) in [5.74, 6) is -0.603. The lowest BCUT2D eigenvalue weighted by Gasteiger charge is -2.11. The van der Waals surface area contributed by atoms with Crippen LogP contribution in [-0.2, 0) is 4.74 Å². The predicted molar refractivity (Wildman–Crippen MR) is 112 cm³/mol. The van der Waals surface area contributed by atoms with Crippen LogP contribution in [0.5, 0.6) is 0 Å². The van der Waals surface area contributed by atoms with Crippen molar-refractivity contribution in [3.8, 4) is 11.3 Å². The van der Waals surface area contributed by atoms with Crippen molar-refractivity contribution in [2.75, 3.05) is 17.7 Å². The number of nitrogens with one attached hydrogen (secondary N) is 1. The van der Waals surface area contributed by atoms with Gasteiger partial charge >= 0.3 is 0 Å². The lowest BCUT2D eigenvalue weighted by atomic mass is 10.1. The number of anilines is 1. The van der Waals surface area contributed by atoms with Gasteiger partial charge in [0.15, 0.2) is 5.13 Å². The molecule has 0 spiro atoms. The number of ether oxygens (including phenoxy) is 1. The van der Waals surface area contributed by atoms with E-state index in [0.717, 1.165) is 59.6 Å². The van der Waals surface area contributed by atoms with Gasteiger partial charge in [-0.3, -0.25) is 10.1 Å². The molecule has 2 heterocycles. The zero-order chi connectivity index (χ0) is 20.2. The maximum atomic E-state index is 14.0. The molecule has 8 heteroatoms. The van der Waals surface area contributed by atoms with Crippen LogP contribution in [0.25, 0.3) is 11.3 Å². The minimum Gasteiger partial charge on any atom is -0.377 e. The zero-order valence-corrected chi connectivity index (χ0v) is 17.0. The van der Waals surface area contributed by atoms with Gasteiger partial charge in [0, 0.05) is 28.2 Å². The molecule has 1 atom stereocenters. The SMILES string of the molecule is O=C(Nc1nc(-c2cc(F)ccc2F)cs1)c1ccccc1SCC1CCCO1. The number of amides is 1. The lowest BCUT2D eigenvalue weighted by Crippen LogP contribution is -2.14. The Morgan fingerprint density at radius 1 is 1.28 bits per heavy atom. The fourth-order valence-electron chi connectivity index (χ4n) is 3.05. The fourth-order valence-corrected chi connectivity index (χ4v) is 4.88. The molecule has 3 aromatic rings. The number of aromatic nitrogens is 1. The Kier molecular flexibility index (Phi) is 6.22. The molecule has 0 aliphatic carbocycles. The highest BCUT2D eigenvalue weighted by Gasteiger charge is 2.19. The number of carbonyl (C=O) groups excluding carboxylic acids is 1. The Labute approximate surface area is 175 Å². The molecule has 4 rings (SSSR count). The molecule has 4 nitrogen and oxygen atoms in total. The maximum absolute atomic E-state index is 14.0. The summed E-state index contributed by atoms with van der Waals surface area (Å²) in [5, 5.41) is 4.67. The van der Waals surface area contributed by atoms with E-state index in [4.69, 9.17) is 4.74 Å². The van der Waals surface area contributed by atoms with E-state index in [2.05, 4.69) is 10.3 Å². The van der Waals surface area contributed by atoms with Crippen molar-refractivity contribution >= 4 is 34.1 Å². The van der Waals surface area contributed by atoms with Crippen LogP contribution in [0.2, 0.25) is 0 Å². The van der Waals surface area contributed by atoms with Gasteiger partial charge in [0.05, 0.1) is 17.4 Å². The second-order valence-electron chi connectivity index (χ2n) is 6.56. The summed E-state index contributed by atoms with van der Waals surface area (Å²) < 4.78 is 33.0. The van der Waals surface area contributed by atoms with Crippen LogP contribution in [-0.4, -0.2) is 29.4 Å². The Morgan fingerprint density at radius 3 is 2.97 bits per heavy atom. The van der Waals surface area contributed by atoms with Crippen LogP contribution in [0.4, 0.5) is 13.9 Å². The number of rotatable bonds is 6. The topological polar surface area (TPSA) is 51.2 Å². The van der Waals surface area contributed by atoms with Crippen LogP contribution >= 0.6 is 23.1 Å². The molecule has 1 amide bonds. The fraction of sp³-hybridized carbons (Fsp3) is 0.238. The van der Waals surface area contributed by atoms with E-state index < -0.39 is 11.6 Å². The van der Waals surface area contributed by atoms with Gasteiger partial charge < -0.3 is 4.74 Å². The van der Waals surface area contributed by atoms with Crippen molar-refractivity contribution in [3.63, 3.8) is 0 Å². The van der Waals surface area contributed by atoms with Crippen molar-refractivity contribution in [3.05, 3.63) is 65.0 Å². The monoisotopic (exact) mass is 432 g/mol. The quantitative estimate of drug-likeness (QED) is 0.514. The molecule has 2 aromatic carbocycles. The van der Waals surface area contributed by atoms with Gasteiger partial charge in [-0.2, -0.15) is 0 Å². The summed E-state index contributed by atoms with van der Waals surface area (Å²) >= 11 is 2.76. The van der Waals surface area contributed by atoms with Crippen molar-refractivity contribution in [1.82, 2.24) is 4.98 Å². The third-order valence-corrected chi connectivity index (χ3v) is 6.47. The van der Waals surface area contributed by atoms with Gasteiger partial charge in [0.2, 0.25) is 0 Å². The van der Waals surface area contributed by atoms with Gasteiger partial charge in [0.25, 0.3) is 5.91 Å². The lowest BCUT2D eigenvalue weighted by molar-refractivity contribution is 0.102. The average Bonchev–Trinajstić information content (AvgIpc) is 3.40. The normalized spacial score (nSPS) is 16.1. The highest BCUT2D eigenvalue weighted by atomic mass is 32.2. The number of thioether (sulfide) groups is 1. The second-order valence-corrected chi connectivity index (χ2v) is 8.48. The van der Waals surface area contributed by atoms with Crippen molar-refractivity contribution < 1.29 is 18.3 Å². The maximum Gasteiger partial charge on any atom is 0.258 e. The number of hydrogen-bond donors (Lipinski definition) is 1. The van der Waals surface area contributed by atoms with Crippen LogP contribution in [0.1, 0.15) is 23.2 Å². The van der Waals surface area contributed by atoms with E-state index in [1.165, 1.54) is 0 Å². The van der Waals surface area contributed by atoms with Crippen LogP contribution < -0.4 is 5.32 Å². The molecule has 0 saturated carbocycles. The number of thiazole rings is 1. The zero-order valence-electron chi connectivity index (χ0n) is 15.4. The molecule has 29 heavy (non-hydrogen) atoms. The van der Waals surface area contributed by atoms with Crippen LogP contribution in [0.3, 0.4) is 0 Å². The smallest absolute Gasteiger partial charge is 0.258 e. The molecule has 1 aliphatic heterocycles. The standard InChI is InChI=1S/C21H18F2N2O2S2/c22-13-7-8-17(23)16(10-13)18-12-29-21(24-18)25-20(26)15-5-1-2-6-19(15)28-11-14-4-3-9-27-14/h1-2,5-8,10,12,14H,3-4,9,11H2,(H,24,25,26). The minimum atomic E-state index is -0.564. The molecule has 1 saturated heterocycles. The van der Waals surface area contributed by atoms with Gasteiger partial charge in [-0.05, 0) is 43.2 Å². The predicted octanol–water partition coefficient (Wildman–Crippen LogP) is 5.61. The highest BCUT2D eigenvalue weighted by Crippen LogP contribution is 2.30. The summed E-state index contributed by atoms with van der Waals surface area (Å²) in [5.41, 5.74) is 0.891. The summed E-state index contributed by atoms with van der Waals surface area (Å²) in [4.78, 5) is 17.9. The first-order valence-corrected chi connectivity index (χ1v) is 11.0. The average molecular weight is 433 g/mol. The molecule has 1 N–H and O–H groups in total. The summed E-state index contributed by atoms with van der Waals surface area (Å²) in [7, 11) is 0. The molecule has 150 valence electrons. The van der Waals surface area contributed by atoms with E-state index in [1.54, 1.807) is 29.3 Å². The number of benzene rings is 2. The Bertz CT molecular complexity index is 1020. The summed E-state index contributed by atoms with van der Waals surface area (Å²) in [6.45, 7) is 0.797. The number of carbonyl (C=O) groups is 1. The third-order valence-electron chi connectivity index (χ3n) is 4.51. The minimum absolute atomic E-state index is 0.0641. The molecule has 0 bridgehead atoms. The van der Waals surface area contributed by atoms with Crippen LogP contribution in [0.15, 0.2) is 52.7 Å². The Balaban J connectivity index is 1.47. The number of hydrogen-bond acceptors (Lipinski definition) is 5. The largest absolute Gasteiger partial charge is 0.377 e. The first kappa shape index (κ1) is 20.0. The van der Waals surface area contributed by atoms with Crippen molar-refractivity contribution in [2.45, 2.75) is 23.8 Å². The molecule has 1 aromatic heterocycles. The van der Waals surface area contributed by atoms with Gasteiger partial charge in [-0.15, -0.1) is 23.1 Å². The first-order chi connectivity index (χ1) is 14.1. The molecule has 0 radical (unpaired) electrons. The van der Waals surface area contributed by atoms with E-state index in [1.807, 2.05) is 12.1 Å². The molecular formula is C21H18F2N2O2S2. The van der Waals surface area contributed by atoms with E-state index in [9.17, 15) is 13.6 Å². The van der Waals surface area contributed by atoms with Gasteiger partial charge in [-0.1, -0.05) is 12.1 Å². The van der Waals surface area contributed by atoms with Gasteiger partial charge in [-0.25, -0.2) is 13.8 Å².